The zero-order valence-corrected chi connectivity index (χ0v) is 19.2. The highest BCUT2D eigenvalue weighted by atomic mass is 16.6. The van der Waals surface area contributed by atoms with E-state index in [9.17, 15) is 9.90 Å². The summed E-state index contributed by atoms with van der Waals surface area (Å²) in [6.07, 6.45) is 3.40. The summed E-state index contributed by atoms with van der Waals surface area (Å²) in [5.74, 6) is 0.652. The van der Waals surface area contributed by atoms with Crippen molar-refractivity contribution >= 4 is 23.4 Å². The molecule has 1 atom stereocenters. The Morgan fingerprint density at radius 2 is 1.97 bits per heavy atom. The number of fused-ring (bicyclic) bond motifs is 1. The van der Waals surface area contributed by atoms with Crippen LogP contribution >= 0.6 is 0 Å². The van der Waals surface area contributed by atoms with Crippen molar-refractivity contribution in [1.29, 1.82) is 0 Å². The lowest BCUT2D eigenvalue weighted by Gasteiger charge is -2.31. The first kappa shape index (κ1) is 22.5. The largest absolute Gasteiger partial charge is 0.456 e. The molecule has 2 aromatic heterocycles. The first-order chi connectivity index (χ1) is 16.9. The molecule has 1 aliphatic rings. The van der Waals surface area contributed by atoms with Gasteiger partial charge in [-0.1, -0.05) is 30.3 Å². The maximum absolute atomic E-state index is 12.3. The van der Waals surface area contributed by atoms with Crippen LogP contribution in [0.3, 0.4) is 0 Å². The minimum absolute atomic E-state index is 0.156. The van der Waals surface area contributed by atoms with Crippen LogP contribution in [-0.2, 0) is 11.2 Å². The molecule has 0 fully saturated rings. The second kappa shape index (κ2) is 9.15. The van der Waals surface area contributed by atoms with E-state index in [1.165, 1.54) is 6.39 Å². The van der Waals surface area contributed by atoms with Crippen LogP contribution in [0.5, 0.6) is 0 Å². The Morgan fingerprint density at radius 3 is 2.71 bits per heavy atom. The highest BCUT2D eigenvalue weighted by Crippen LogP contribution is 2.32. The number of esters is 1. The van der Waals surface area contributed by atoms with Gasteiger partial charge in [0.15, 0.2) is 0 Å². The van der Waals surface area contributed by atoms with Gasteiger partial charge in [0.1, 0.15) is 11.4 Å². The van der Waals surface area contributed by atoms with E-state index in [2.05, 4.69) is 30.8 Å². The molecule has 3 heterocycles. The average molecular weight is 473 g/mol. The molecular weight excluding hydrogens is 448 g/mol. The lowest BCUT2D eigenvalue weighted by atomic mass is 9.91. The highest BCUT2D eigenvalue weighted by molar-refractivity contribution is 5.93. The monoisotopic (exact) mass is 472 g/mol. The second-order valence-electron chi connectivity index (χ2n) is 8.81. The fourth-order valence-electron chi connectivity index (χ4n) is 4.03. The zero-order valence-electron chi connectivity index (χ0n) is 19.2. The van der Waals surface area contributed by atoms with Gasteiger partial charge >= 0.3 is 5.97 Å². The summed E-state index contributed by atoms with van der Waals surface area (Å²) in [5.41, 5.74) is 2.99. The SMILES string of the molecule is CC1(C)Cc2cc(Nc3ncc(-c4nnco4)c(N[C@H](CO)c4ccccc4)n3)ccc2C(=O)O1. The minimum Gasteiger partial charge on any atom is -0.456 e. The molecule has 0 bridgehead atoms. The summed E-state index contributed by atoms with van der Waals surface area (Å²) < 4.78 is 10.8. The molecule has 178 valence electrons. The van der Waals surface area contributed by atoms with Gasteiger partial charge in [0.25, 0.3) is 5.89 Å². The predicted molar refractivity (Wildman–Crippen MR) is 128 cm³/mol. The topological polar surface area (TPSA) is 135 Å². The maximum atomic E-state index is 12.3. The Balaban J connectivity index is 1.46. The van der Waals surface area contributed by atoms with Gasteiger partial charge in [-0.2, -0.15) is 4.98 Å². The number of benzene rings is 2. The van der Waals surface area contributed by atoms with Crippen molar-refractivity contribution in [1.82, 2.24) is 20.2 Å². The van der Waals surface area contributed by atoms with E-state index in [4.69, 9.17) is 9.15 Å². The third-order valence-corrected chi connectivity index (χ3v) is 5.64. The molecule has 0 saturated heterocycles. The van der Waals surface area contributed by atoms with Crippen LogP contribution < -0.4 is 10.6 Å². The number of carbonyl (C=O) groups excluding carboxylic acids is 1. The van der Waals surface area contributed by atoms with Gasteiger partial charge in [0, 0.05) is 18.3 Å². The number of hydrogen-bond acceptors (Lipinski definition) is 10. The van der Waals surface area contributed by atoms with Crippen LogP contribution in [0.25, 0.3) is 11.5 Å². The van der Waals surface area contributed by atoms with E-state index in [0.717, 1.165) is 16.8 Å². The fraction of sp³-hybridized carbons (Fsp3) is 0.240. The van der Waals surface area contributed by atoms with Gasteiger partial charge in [-0.15, -0.1) is 10.2 Å². The van der Waals surface area contributed by atoms with Crippen LogP contribution in [-0.4, -0.2) is 43.4 Å². The fourth-order valence-corrected chi connectivity index (χ4v) is 4.03. The number of anilines is 3. The number of nitrogens with zero attached hydrogens (tertiary/aromatic N) is 4. The average Bonchev–Trinajstić information content (AvgIpc) is 3.37. The van der Waals surface area contributed by atoms with Gasteiger partial charge in [0.05, 0.1) is 23.8 Å². The molecule has 0 unspecified atom stereocenters. The zero-order chi connectivity index (χ0) is 24.4. The summed E-state index contributed by atoms with van der Waals surface area (Å²) in [6.45, 7) is 3.61. The lowest BCUT2D eigenvalue weighted by Crippen LogP contribution is -2.35. The molecule has 10 nitrogen and oxygen atoms in total. The number of aliphatic hydroxyl groups is 1. The van der Waals surface area contributed by atoms with E-state index < -0.39 is 11.6 Å². The number of cyclic esters (lactones) is 1. The molecule has 10 heteroatoms. The smallest absolute Gasteiger partial charge is 0.338 e. The van der Waals surface area contributed by atoms with Gasteiger partial charge < -0.3 is 24.9 Å². The Kier molecular flexibility index (Phi) is 5.87. The first-order valence-corrected chi connectivity index (χ1v) is 11.1. The van der Waals surface area contributed by atoms with Crippen molar-refractivity contribution in [2.45, 2.75) is 31.9 Å². The summed E-state index contributed by atoms with van der Waals surface area (Å²) >= 11 is 0. The third-order valence-electron chi connectivity index (χ3n) is 5.64. The maximum Gasteiger partial charge on any atom is 0.338 e. The molecular formula is C25H24N6O4. The van der Waals surface area contributed by atoms with Crippen molar-refractivity contribution < 1.29 is 19.1 Å². The van der Waals surface area contributed by atoms with Crippen molar-refractivity contribution in [3.05, 3.63) is 77.8 Å². The molecule has 35 heavy (non-hydrogen) atoms. The van der Waals surface area contributed by atoms with E-state index in [-0.39, 0.29) is 18.5 Å². The number of nitrogens with one attached hydrogen (secondary N) is 2. The molecule has 0 spiro atoms. The summed E-state index contributed by atoms with van der Waals surface area (Å²) in [7, 11) is 0. The lowest BCUT2D eigenvalue weighted by molar-refractivity contribution is -0.00645. The van der Waals surface area contributed by atoms with Crippen molar-refractivity contribution in [2.24, 2.45) is 0 Å². The molecule has 3 N–H and O–H groups in total. The van der Waals surface area contributed by atoms with E-state index >= 15 is 0 Å². The molecule has 1 aliphatic heterocycles. The van der Waals surface area contributed by atoms with Gasteiger partial charge in [-0.05, 0) is 43.2 Å². The number of ether oxygens (including phenoxy) is 1. The Bertz CT molecular complexity index is 1340. The van der Waals surface area contributed by atoms with Gasteiger partial charge in [-0.3, -0.25) is 0 Å². The Labute approximate surface area is 201 Å². The molecule has 2 aromatic carbocycles. The number of aliphatic hydroxyl groups excluding tert-OH is 1. The van der Waals surface area contributed by atoms with Gasteiger partial charge in [0.2, 0.25) is 12.3 Å². The van der Waals surface area contributed by atoms with E-state index in [1.807, 2.05) is 50.2 Å². The third kappa shape index (κ3) is 4.82. The molecule has 0 saturated carbocycles. The summed E-state index contributed by atoms with van der Waals surface area (Å²) in [6, 6.07) is 14.5. The molecule has 0 amide bonds. The van der Waals surface area contributed by atoms with Gasteiger partial charge in [-0.25, -0.2) is 9.78 Å². The van der Waals surface area contributed by atoms with Crippen LogP contribution in [0.2, 0.25) is 0 Å². The minimum atomic E-state index is -0.571. The number of carbonyl (C=O) groups is 1. The van der Waals surface area contributed by atoms with Crippen molar-refractivity contribution in [3.8, 4) is 11.5 Å². The molecule has 4 aromatic rings. The second-order valence-corrected chi connectivity index (χ2v) is 8.81. The number of rotatable bonds is 7. The Morgan fingerprint density at radius 1 is 1.14 bits per heavy atom. The normalized spacial score (nSPS) is 15.1. The van der Waals surface area contributed by atoms with Crippen molar-refractivity contribution in [3.63, 3.8) is 0 Å². The predicted octanol–water partition coefficient (Wildman–Crippen LogP) is 3.91. The summed E-state index contributed by atoms with van der Waals surface area (Å²) in [4.78, 5) is 21.3. The van der Waals surface area contributed by atoms with Crippen molar-refractivity contribution in [2.75, 3.05) is 17.2 Å². The summed E-state index contributed by atoms with van der Waals surface area (Å²) in [5, 5.41) is 24.2. The van der Waals surface area contributed by atoms with Crippen LogP contribution in [0.15, 0.2) is 65.5 Å². The van der Waals surface area contributed by atoms with Crippen LogP contribution in [0, 0.1) is 0 Å². The highest BCUT2D eigenvalue weighted by Gasteiger charge is 2.32. The van der Waals surface area contributed by atoms with E-state index in [0.29, 0.717) is 29.3 Å². The molecule has 0 aliphatic carbocycles. The Hall–Kier alpha value is -4.31. The standard InChI is InChI=1S/C25H24N6O4/c1-25(2)11-16-10-17(8-9-18(16)23(33)35-25)28-24-26-12-19(22-31-27-14-34-22)21(30-24)29-20(13-32)15-6-4-3-5-7-15/h3-10,12,14,20,32H,11,13H2,1-2H3,(H2,26,28,29,30)/t20-/m1/s1. The molecule has 5 rings (SSSR count). The van der Waals surface area contributed by atoms with Crippen LogP contribution in [0.4, 0.5) is 17.5 Å². The first-order valence-electron chi connectivity index (χ1n) is 11.1. The molecule has 0 radical (unpaired) electrons. The van der Waals surface area contributed by atoms with E-state index in [1.54, 1.807) is 18.3 Å². The number of aromatic nitrogens is 4. The van der Waals surface area contributed by atoms with Crippen LogP contribution in [0.1, 0.15) is 41.4 Å². The number of hydrogen-bond donors (Lipinski definition) is 3. The quantitative estimate of drug-likeness (QED) is 0.340.